The van der Waals surface area contributed by atoms with Crippen molar-refractivity contribution in [2.24, 2.45) is 0 Å². The second-order valence-corrected chi connectivity index (χ2v) is 10.1. The van der Waals surface area contributed by atoms with E-state index in [4.69, 9.17) is 27.9 Å². The fraction of sp³-hybridized carbons (Fsp3) is 0.250. The molecule has 5 nitrogen and oxygen atoms in total. The number of hydrogen-bond donors (Lipinski definition) is 1. The highest BCUT2D eigenvalue weighted by Gasteiger charge is 2.56. The molecule has 1 fully saturated rings. The van der Waals surface area contributed by atoms with Gasteiger partial charge in [-0.2, -0.15) is 0 Å². The number of pyridine rings is 1. The molecule has 1 N–H and O–H groups in total. The molecular formula is C24H18BrCl2FN2O3. The van der Waals surface area contributed by atoms with E-state index in [0.717, 1.165) is 0 Å². The Morgan fingerprint density at radius 1 is 1.12 bits per heavy atom. The van der Waals surface area contributed by atoms with Gasteiger partial charge < -0.3 is 9.84 Å². The first-order chi connectivity index (χ1) is 15.7. The number of ether oxygens (including phenoxy) is 1. The van der Waals surface area contributed by atoms with E-state index in [-0.39, 0.29) is 24.3 Å². The summed E-state index contributed by atoms with van der Waals surface area (Å²) in [5, 5.41) is 11.5. The molecule has 1 unspecified atom stereocenters. The predicted molar refractivity (Wildman–Crippen MR) is 126 cm³/mol. The maximum Gasteiger partial charge on any atom is 0.257 e. The van der Waals surface area contributed by atoms with Crippen LogP contribution in [0.4, 0.5) is 4.39 Å². The van der Waals surface area contributed by atoms with Crippen molar-refractivity contribution in [3.8, 4) is 0 Å². The van der Waals surface area contributed by atoms with Gasteiger partial charge in [0.1, 0.15) is 5.82 Å². The van der Waals surface area contributed by atoms with E-state index >= 15 is 4.39 Å². The van der Waals surface area contributed by atoms with Crippen LogP contribution < -0.4 is 0 Å². The Bertz CT molecular complexity index is 1240. The summed E-state index contributed by atoms with van der Waals surface area (Å²) in [6, 6.07) is 13.0. The molecule has 0 radical (unpaired) electrons. The van der Waals surface area contributed by atoms with Crippen molar-refractivity contribution in [1.29, 1.82) is 0 Å². The Morgan fingerprint density at radius 3 is 2.45 bits per heavy atom. The Morgan fingerprint density at radius 2 is 1.82 bits per heavy atom. The number of rotatable bonds is 6. The maximum absolute atomic E-state index is 15.6. The van der Waals surface area contributed by atoms with Crippen LogP contribution in [0.25, 0.3) is 0 Å². The number of fused-ring (bicyclic) bond motifs is 1. The molecule has 0 spiro atoms. The van der Waals surface area contributed by atoms with Crippen molar-refractivity contribution in [3.63, 3.8) is 0 Å². The van der Waals surface area contributed by atoms with E-state index in [0.29, 0.717) is 38.6 Å². The Hall–Kier alpha value is -2.03. The van der Waals surface area contributed by atoms with Gasteiger partial charge in [-0.1, -0.05) is 51.3 Å². The third-order valence-corrected chi connectivity index (χ3v) is 6.90. The molecule has 2 aliphatic rings. The molecule has 2 aromatic carbocycles. The first-order valence-corrected chi connectivity index (χ1v) is 11.8. The van der Waals surface area contributed by atoms with Gasteiger partial charge in [0.15, 0.2) is 5.72 Å². The van der Waals surface area contributed by atoms with E-state index in [9.17, 15) is 9.90 Å². The lowest BCUT2D eigenvalue weighted by Crippen LogP contribution is -2.48. The molecule has 1 amide bonds. The van der Waals surface area contributed by atoms with Crippen LogP contribution in [0.1, 0.15) is 40.0 Å². The van der Waals surface area contributed by atoms with E-state index in [1.165, 1.54) is 17.2 Å². The minimum Gasteiger partial charge on any atom is -0.387 e. The summed E-state index contributed by atoms with van der Waals surface area (Å²) in [6.45, 7) is -0.0365. The zero-order valence-corrected chi connectivity index (χ0v) is 20.3. The number of carbonyl (C=O) groups excluding carboxylic acids is 1. The molecule has 0 saturated heterocycles. The van der Waals surface area contributed by atoms with Crippen LogP contribution in [0.5, 0.6) is 0 Å². The second-order valence-electron chi connectivity index (χ2n) is 8.33. The predicted octanol–water partition coefficient (Wildman–Crippen LogP) is 5.69. The van der Waals surface area contributed by atoms with E-state index in [1.54, 1.807) is 42.5 Å². The number of carbonyl (C=O) groups is 1. The number of aromatic nitrogens is 1. The number of nitrogens with zero attached hydrogens (tertiary/aromatic N) is 2. The highest BCUT2D eigenvalue weighted by molar-refractivity contribution is 9.10. The van der Waals surface area contributed by atoms with Crippen LogP contribution in [0.15, 0.2) is 59.2 Å². The molecule has 2 heterocycles. The third-order valence-electron chi connectivity index (χ3n) is 5.97. The van der Waals surface area contributed by atoms with Gasteiger partial charge in [0.2, 0.25) is 0 Å². The summed E-state index contributed by atoms with van der Waals surface area (Å²) >= 11 is 15.4. The first kappa shape index (κ1) is 22.7. The van der Waals surface area contributed by atoms with Crippen molar-refractivity contribution in [3.05, 3.63) is 97.4 Å². The molecule has 1 atom stereocenters. The van der Waals surface area contributed by atoms with Crippen molar-refractivity contribution in [1.82, 2.24) is 9.88 Å². The standard InChI is InChI=1S/C24H18BrCl2FN2O3/c25-15-9-19-21(20(28)10-15)24(33-13-23(32)7-8-23,14-1-3-16(26)4-2-14)30(22(19)31)12-18-6-5-17(27)11-29-18/h1-6,9-11,32H,7-8,12-13H2. The lowest BCUT2D eigenvalue weighted by atomic mass is 9.92. The third kappa shape index (κ3) is 4.06. The number of hydrogen-bond acceptors (Lipinski definition) is 4. The van der Waals surface area contributed by atoms with Gasteiger partial charge in [0.05, 0.1) is 40.6 Å². The summed E-state index contributed by atoms with van der Waals surface area (Å²) in [6.07, 6.45) is 2.64. The highest BCUT2D eigenvalue weighted by Crippen LogP contribution is 2.49. The Balaban J connectivity index is 1.72. The van der Waals surface area contributed by atoms with Crippen LogP contribution >= 0.6 is 39.1 Å². The molecule has 3 aromatic rings. The average Bonchev–Trinajstić information content (AvgIpc) is 3.47. The number of aliphatic hydroxyl groups is 1. The molecule has 9 heteroatoms. The van der Waals surface area contributed by atoms with Gasteiger partial charge in [-0.05, 0) is 49.2 Å². The smallest absolute Gasteiger partial charge is 0.257 e. The van der Waals surface area contributed by atoms with E-state index in [2.05, 4.69) is 20.9 Å². The molecule has 33 heavy (non-hydrogen) atoms. The zero-order valence-electron chi connectivity index (χ0n) is 17.2. The van der Waals surface area contributed by atoms with Crippen LogP contribution in [0.3, 0.4) is 0 Å². The second kappa shape index (κ2) is 8.32. The van der Waals surface area contributed by atoms with Crippen LogP contribution in [0.2, 0.25) is 10.0 Å². The number of benzene rings is 2. The molecular weight excluding hydrogens is 534 g/mol. The lowest BCUT2D eigenvalue weighted by molar-refractivity contribution is -0.139. The van der Waals surface area contributed by atoms with E-state index < -0.39 is 23.1 Å². The van der Waals surface area contributed by atoms with Gasteiger partial charge >= 0.3 is 0 Å². The average molecular weight is 552 g/mol. The summed E-state index contributed by atoms with van der Waals surface area (Å²) in [4.78, 5) is 19.4. The molecule has 1 saturated carbocycles. The van der Waals surface area contributed by atoms with Crippen molar-refractivity contribution in [2.45, 2.75) is 30.7 Å². The largest absolute Gasteiger partial charge is 0.387 e. The van der Waals surface area contributed by atoms with Gasteiger partial charge in [-0.3, -0.25) is 14.7 Å². The summed E-state index contributed by atoms with van der Waals surface area (Å²) in [5.74, 6) is -1.02. The summed E-state index contributed by atoms with van der Waals surface area (Å²) < 4.78 is 22.4. The monoisotopic (exact) mass is 550 g/mol. The summed E-state index contributed by atoms with van der Waals surface area (Å²) in [5.41, 5.74) is -1.29. The Labute approximate surface area is 208 Å². The van der Waals surface area contributed by atoms with Crippen LogP contribution in [-0.2, 0) is 17.0 Å². The molecule has 0 bridgehead atoms. The normalized spacial score (nSPS) is 20.8. The van der Waals surface area contributed by atoms with Crippen molar-refractivity contribution in [2.75, 3.05) is 6.61 Å². The molecule has 170 valence electrons. The van der Waals surface area contributed by atoms with E-state index in [1.807, 2.05) is 0 Å². The van der Waals surface area contributed by atoms with Gasteiger partial charge in [0.25, 0.3) is 5.91 Å². The minimum absolute atomic E-state index is 0.0306. The fourth-order valence-corrected chi connectivity index (χ4v) is 4.76. The van der Waals surface area contributed by atoms with Crippen molar-refractivity contribution < 1.29 is 19.0 Å². The van der Waals surface area contributed by atoms with Crippen LogP contribution in [-0.4, -0.2) is 33.1 Å². The Kier molecular flexibility index (Phi) is 5.74. The zero-order chi connectivity index (χ0) is 23.4. The minimum atomic E-state index is -1.62. The lowest BCUT2D eigenvalue weighted by Gasteiger charge is -2.40. The molecule has 1 aromatic heterocycles. The highest BCUT2D eigenvalue weighted by atomic mass is 79.9. The molecule has 1 aliphatic carbocycles. The fourth-order valence-electron chi connectivity index (χ4n) is 4.09. The van der Waals surface area contributed by atoms with Crippen LogP contribution in [0, 0.1) is 5.82 Å². The summed E-state index contributed by atoms with van der Waals surface area (Å²) in [7, 11) is 0. The number of amides is 1. The molecule has 1 aliphatic heterocycles. The quantitative estimate of drug-likeness (QED) is 0.427. The maximum atomic E-state index is 15.6. The first-order valence-electron chi connectivity index (χ1n) is 10.3. The number of halogens is 4. The molecule has 5 rings (SSSR count). The van der Waals surface area contributed by atoms with Gasteiger partial charge in [0, 0.05) is 21.3 Å². The van der Waals surface area contributed by atoms with Gasteiger partial charge in [-0.15, -0.1) is 0 Å². The topological polar surface area (TPSA) is 62.7 Å². The van der Waals surface area contributed by atoms with Gasteiger partial charge in [-0.25, -0.2) is 4.39 Å². The van der Waals surface area contributed by atoms with Crippen molar-refractivity contribution >= 4 is 45.0 Å². The SMILES string of the molecule is O=C1c2cc(Br)cc(F)c2C(OCC2(O)CC2)(c2ccc(Cl)cc2)N1Cc1ccc(Cl)cn1.